The minimum atomic E-state index is -4.21. The van der Waals surface area contributed by atoms with Crippen molar-refractivity contribution in [2.45, 2.75) is 11.1 Å². The van der Waals surface area contributed by atoms with Crippen molar-refractivity contribution in [3.8, 4) is 0 Å². The molecule has 2 aromatic carbocycles. The summed E-state index contributed by atoms with van der Waals surface area (Å²) in [4.78, 5) is 0.0756. The minimum absolute atomic E-state index is 0.0756. The average molecular weight is 318 g/mol. The molecule has 0 aliphatic carbocycles. The molecule has 4 N–H and O–H groups in total. The highest BCUT2D eigenvalue weighted by Crippen LogP contribution is 2.28. The van der Waals surface area contributed by atoms with Gasteiger partial charge in [0.2, 0.25) is 10.0 Å². The standard InChI is InChI=1S/C7H5F3.C6H8N2O2S/c8-7(9,10)6-4-2-1-3-5-6;7-5-1-3-6(4-2-5)11(8,9)10/h1-5H;1-4H,7H2,(H2,8,9,10). The van der Waals surface area contributed by atoms with Crippen LogP contribution in [0.4, 0.5) is 18.9 Å². The van der Waals surface area contributed by atoms with Gasteiger partial charge in [0.15, 0.2) is 0 Å². The fourth-order valence-corrected chi connectivity index (χ4v) is 1.80. The van der Waals surface area contributed by atoms with Crippen molar-refractivity contribution in [1.82, 2.24) is 0 Å². The van der Waals surface area contributed by atoms with E-state index in [4.69, 9.17) is 10.9 Å². The van der Waals surface area contributed by atoms with Crippen molar-refractivity contribution in [2.75, 3.05) is 5.73 Å². The maximum absolute atomic E-state index is 11.8. The third kappa shape index (κ3) is 5.84. The molecule has 0 radical (unpaired) electrons. The zero-order valence-corrected chi connectivity index (χ0v) is 11.5. The largest absolute Gasteiger partial charge is 0.416 e. The van der Waals surface area contributed by atoms with E-state index in [0.29, 0.717) is 5.69 Å². The quantitative estimate of drug-likeness (QED) is 0.793. The summed E-state index contributed by atoms with van der Waals surface area (Å²) in [6, 6.07) is 12.1. The summed E-state index contributed by atoms with van der Waals surface area (Å²) >= 11 is 0. The minimum Gasteiger partial charge on any atom is -0.399 e. The topological polar surface area (TPSA) is 86.2 Å². The van der Waals surface area contributed by atoms with Gasteiger partial charge in [-0.3, -0.25) is 0 Å². The molecule has 0 heterocycles. The van der Waals surface area contributed by atoms with Crippen molar-refractivity contribution < 1.29 is 21.6 Å². The predicted molar refractivity (Wildman–Crippen MR) is 73.7 cm³/mol. The Bertz CT molecular complexity index is 669. The molecule has 4 nitrogen and oxygen atoms in total. The normalized spacial score (nSPS) is 11.4. The van der Waals surface area contributed by atoms with E-state index in [2.05, 4.69) is 0 Å². The van der Waals surface area contributed by atoms with Gasteiger partial charge >= 0.3 is 6.18 Å². The second-order valence-corrected chi connectivity index (χ2v) is 5.54. The molecule has 0 saturated carbocycles. The maximum Gasteiger partial charge on any atom is 0.416 e. The number of primary sulfonamides is 1. The van der Waals surface area contributed by atoms with Gasteiger partial charge in [-0.1, -0.05) is 30.3 Å². The van der Waals surface area contributed by atoms with Crippen LogP contribution in [-0.2, 0) is 16.2 Å². The number of halogens is 3. The van der Waals surface area contributed by atoms with Crippen LogP contribution in [0.1, 0.15) is 5.56 Å². The molecule has 21 heavy (non-hydrogen) atoms. The molecular weight excluding hydrogens is 305 g/mol. The van der Waals surface area contributed by atoms with E-state index in [0.717, 1.165) is 12.1 Å². The van der Waals surface area contributed by atoms with Crippen molar-refractivity contribution >= 4 is 15.7 Å². The first kappa shape index (κ1) is 17.0. The van der Waals surface area contributed by atoms with Crippen LogP contribution < -0.4 is 10.9 Å². The van der Waals surface area contributed by atoms with E-state index in [1.165, 1.54) is 36.4 Å². The Labute approximate surface area is 120 Å². The van der Waals surface area contributed by atoms with Crippen LogP contribution in [0, 0.1) is 0 Å². The molecular formula is C13H13F3N2O2S. The molecule has 0 aliphatic heterocycles. The number of alkyl halides is 3. The lowest BCUT2D eigenvalue weighted by Gasteiger charge is -2.03. The van der Waals surface area contributed by atoms with Gasteiger partial charge in [0.25, 0.3) is 0 Å². The van der Waals surface area contributed by atoms with Crippen LogP contribution in [-0.4, -0.2) is 8.42 Å². The highest BCUT2D eigenvalue weighted by Gasteiger charge is 2.29. The fourth-order valence-electron chi connectivity index (χ4n) is 1.28. The second-order valence-electron chi connectivity index (χ2n) is 3.98. The Morgan fingerprint density at radius 1 is 0.857 bits per heavy atom. The number of anilines is 1. The lowest BCUT2D eigenvalue weighted by Crippen LogP contribution is -2.11. The van der Waals surface area contributed by atoms with E-state index in [-0.39, 0.29) is 4.90 Å². The van der Waals surface area contributed by atoms with Gasteiger partial charge in [0.05, 0.1) is 10.5 Å². The van der Waals surface area contributed by atoms with Gasteiger partial charge < -0.3 is 5.73 Å². The second kappa shape index (κ2) is 6.59. The van der Waals surface area contributed by atoms with Crippen molar-refractivity contribution in [2.24, 2.45) is 5.14 Å². The fraction of sp³-hybridized carbons (Fsp3) is 0.0769. The van der Waals surface area contributed by atoms with E-state index >= 15 is 0 Å². The van der Waals surface area contributed by atoms with Crippen LogP contribution in [0.5, 0.6) is 0 Å². The van der Waals surface area contributed by atoms with Crippen molar-refractivity contribution in [3.63, 3.8) is 0 Å². The van der Waals surface area contributed by atoms with Crippen LogP contribution in [0.3, 0.4) is 0 Å². The van der Waals surface area contributed by atoms with Crippen LogP contribution >= 0.6 is 0 Å². The van der Waals surface area contributed by atoms with E-state index in [9.17, 15) is 21.6 Å². The summed E-state index contributed by atoms with van der Waals surface area (Å²) in [6.07, 6.45) is -4.21. The summed E-state index contributed by atoms with van der Waals surface area (Å²) in [5.41, 5.74) is 5.24. The maximum atomic E-state index is 11.8. The van der Waals surface area contributed by atoms with Crippen molar-refractivity contribution in [3.05, 3.63) is 60.2 Å². The average Bonchev–Trinajstić information content (AvgIpc) is 2.39. The number of nitrogen functional groups attached to an aromatic ring is 1. The van der Waals surface area contributed by atoms with Gasteiger partial charge in [0, 0.05) is 5.69 Å². The molecule has 2 rings (SSSR count). The number of nitrogens with two attached hydrogens (primary N) is 2. The first-order valence-electron chi connectivity index (χ1n) is 5.61. The molecule has 0 atom stereocenters. The van der Waals surface area contributed by atoms with Crippen LogP contribution in [0.15, 0.2) is 59.5 Å². The molecule has 0 aromatic heterocycles. The van der Waals surface area contributed by atoms with Crippen molar-refractivity contribution in [1.29, 1.82) is 0 Å². The summed E-state index contributed by atoms with van der Waals surface area (Å²) in [6.45, 7) is 0. The molecule has 114 valence electrons. The third-order valence-corrected chi connectivity index (χ3v) is 3.24. The monoisotopic (exact) mass is 318 g/mol. The Morgan fingerprint density at radius 2 is 1.33 bits per heavy atom. The highest BCUT2D eigenvalue weighted by molar-refractivity contribution is 7.89. The lowest BCUT2D eigenvalue weighted by atomic mass is 10.2. The van der Waals surface area contributed by atoms with Gasteiger partial charge in [-0.15, -0.1) is 0 Å². The summed E-state index contributed by atoms with van der Waals surface area (Å²) in [7, 11) is -3.58. The zero-order valence-electron chi connectivity index (χ0n) is 10.7. The lowest BCUT2D eigenvalue weighted by molar-refractivity contribution is -0.137. The Hall–Kier alpha value is -2.06. The summed E-state index contributed by atoms with van der Waals surface area (Å²) in [5, 5.41) is 4.84. The smallest absolute Gasteiger partial charge is 0.399 e. The first-order chi connectivity index (χ1) is 9.60. The number of hydrogen-bond donors (Lipinski definition) is 2. The van der Waals surface area contributed by atoms with Gasteiger partial charge in [-0.25, -0.2) is 13.6 Å². The highest BCUT2D eigenvalue weighted by atomic mass is 32.2. The SMILES string of the molecule is FC(F)(F)c1ccccc1.Nc1ccc(S(N)(=O)=O)cc1. The number of sulfonamides is 1. The Morgan fingerprint density at radius 3 is 1.67 bits per heavy atom. The van der Waals surface area contributed by atoms with Gasteiger partial charge in [-0.2, -0.15) is 13.2 Å². The third-order valence-electron chi connectivity index (χ3n) is 2.31. The van der Waals surface area contributed by atoms with E-state index in [1.54, 1.807) is 6.07 Å². The number of rotatable bonds is 1. The Balaban J connectivity index is 0.000000211. The molecule has 0 bridgehead atoms. The summed E-state index contributed by atoms with van der Waals surface area (Å²) < 4.78 is 56.7. The molecule has 0 aliphatic rings. The first-order valence-corrected chi connectivity index (χ1v) is 7.16. The number of hydrogen-bond acceptors (Lipinski definition) is 3. The van der Waals surface area contributed by atoms with E-state index in [1.807, 2.05) is 0 Å². The van der Waals surface area contributed by atoms with Gasteiger partial charge in [-0.05, 0) is 24.3 Å². The molecule has 8 heteroatoms. The zero-order chi connectivity index (χ0) is 16.1. The molecule has 0 spiro atoms. The summed E-state index contributed by atoms with van der Waals surface area (Å²) in [5.74, 6) is 0. The molecule has 0 amide bonds. The van der Waals surface area contributed by atoms with Crippen LogP contribution in [0.25, 0.3) is 0 Å². The molecule has 0 saturated heterocycles. The van der Waals surface area contributed by atoms with E-state index < -0.39 is 21.8 Å². The number of benzene rings is 2. The van der Waals surface area contributed by atoms with Crippen LogP contribution in [0.2, 0.25) is 0 Å². The molecule has 2 aromatic rings. The molecule has 0 unspecified atom stereocenters. The Kier molecular flexibility index (Phi) is 5.34. The molecule has 0 fully saturated rings. The van der Waals surface area contributed by atoms with Gasteiger partial charge in [0.1, 0.15) is 0 Å². The predicted octanol–water partition coefficient (Wildman–Crippen LogP) is 2.62.